The molecule has 2 heterocycles. The maximum Gasteiger partial charge on any atom is 0.348 e. The third-order valence-corrected chi connectivity index (χ3v) is 5.05. The molecular weight excluding hydrogens is 300 g/mol. The molecule has 0 aliphatic carbocycles. The van der Waals surface area contributed by atoms with Crippen LogP contribution in [0.25, 0.3) is 22.2 Å². The minimum Gasteiger partial charge on any atom is -0.462 e. The van der Waals surface area contributed by atoms with E-state index in [2.05, 4.69) is 35.7 Å². The van der Waals surface area contributed by atoms with Crippen molar-refractivity contribution in [2.75, 3.05) is 6.61 Å². The zero-order valence-corrected chi connectivity index (χ0v) is 13.2. The first-order valence-corrected chi connectivity index (χ1v) is 8.39. The molecule has 3 aromatic rings. The minimum absolute atomic E-state index is 0.247. The van der Waals surface area contributed by atoms with Gasteiger partial charge in [0, 0.05) is 9.58 Å². The number of ether oxygens (including phenoxy) is 1. The number of esters is 1. The van der Waals surface area contributed by atoms with Crippen molar-refractivity contribution in [1.82, 2.24) is 0 Å². The Bertz CT molecular complexity index is 796. The molecule has 0 aliphatic heterocycles. The molecule has 0 bridgehead atoms. The van der Waals surface area contributed by atoms with E-state index in [0.29, 0.717) is 11.5 Å². The van der Waals surface area contributed by atoms with Crippen molar-refractivity contribution in [2.24, 2.45) is 0 Å². The molecule has 106 valence electrons. The van der Waals surface area contributed by atoms with Crippen molar-refractivity contribution in [3.05, 3.63) is 57.1 Å². The van der Waals surface area contributed by atoms with Crippen LogP contribution in [0.15, 0.2) is 41.8 Å². The number of rotatable bonds is 4. The van der Waals surface area contributed by atoms with E-state index in [1.165, 1.54) is 27.0 Å². The third kappa shape index (κ3) is 3.06. The van der Waals surface area contributed by atoms with Gasteiger partial charge in [-0.15, -0.1) is 22.7 Å². The lowest BCUT2D eigenvalue weighted by atomic mass is 10.1. The van der Waals surface area contributed by atoms with Crippen LogP contribution in [-0.2, 0) is 4.74 Å². The van der Waals surface area contributed by atoms with Gasteiger partial charge < -0.3 is 4.74 Å². The molecule has 1 aromatic carbocycles. The topological polar surface area (TPSA) is 26.3 Å². The van der Waals surface area contributed by atoms with Crippen LogP contribution in [0, 0.1) is 0 Å². The Morgan fingerprint density at radius 1 is 1.19 bits per heavy atom. The van der Waals surface area contributed by atoms with Gasteiger partial charge in [-0.2, -0.15) is 0 Å². The summed E-state index contributed by atoms with van der Waals surface area (Å²) in [5.74, 6) is -0.247. The molecule has 0 saturated carbocycles. The molecule has 0 spiro atoms. The van der Waals surface area contributed by atoms with Gasteiger partial charge in [0.05, 0.1) is 6.61 Å². The molecule has 2 nitrogen and oxygen atoms in total. The molecule has 21 heavy (non-hydrogen) atoms. The summed E-state index contributed by atoms with van der Waals surface area (Å²) in [5.41, 5.74) is 1.21. The summed E-state index contributed by atoms with van der Waals surface area (Å²) < 4.78 is 6.29. The Hall–Kier alpha value is -1.91. The summed E-state index contributed by atoms with van der Waals surface area (Å²) >= 11 is 3.19. The van der Waals surface area contributed by atoms with Crippen LogP contribution in [0.4, 0.5) is 0 Å². The summed E-state index contributed by atoms with van der Waals surface area (Å²) in [6, 6.07) is 12.1. The first-order chi connectivity index (χ1) is 10.3. The smallest absolute Gasteiger partial charge is 0.348 e. The van der Waals surface area contributed by atoms with Crippen LogP contribution in [0.1, 0.15) is 27.0 Å². The van der Waals surface area contributed by atoms with Crippen LogP contribution in [0.5, 0.6) is 0 Å². The normalized spacial score (nSPS) is 11.3. The van der Waals surface area contributed by atoms with E-state index in [1.54, 1.807) is 11.3 Å². The van der Waals surface area contributed by atoms with Crippen LogP contribution in [-0.4, -0.2) is 12.6 Å². The summed E-state index contributed by atoms with van der Waals surface area (Å²) in [7, 11) is 0. The van der Waals surface area contributed by atoms with Crippen molar-refractivity contribution in [3.63, 3.8) is 0 Å². The van der Waals surface area contributed by atoms with E-state index in [4.69, 9.17) is 4.74 Å². The lowest BCUT2D eigenvalue weighted by molar-refractivity contribution is 0.0532. The number of thiophene rings is 2. The highest BCUT2D eigenvalue weighted by Crippen LogP contribution is 2.28. The number of fused-ring (bicyclic) bond motifs is 1. The van der Waals surface area contributed by atoms with Crippen molar-refractivity contribution in [1.29, 1.82) is 0 Å². The highest BCUT2D eigenvalue weighted by atomic mass is 32.1. The zero-order chi connectivity index (χ0) is 14.7. The second kappa shape index (κ2) is 6.24. The molecule has 0 saturated heterocycles. The van der Waals surface area contributed by atoms with Crippen molar-refractivity contribution in [3.8, 4) is 0 Å². The van der Waals surface area contributed by atoms with Crippen molar-refractivity contribution >= 4 is 50.9 Å². The standard InChI is InChI=1S/C17H14O2S2/c1-2-19-17(18)16-10-9-13(21-16)8-7-12-11-20-15-6-4-3-5-14(12)15/h3-11H,2H2,1H3/b8-7+. The Balaban J connectivity index is 1.81. The molecule has 0 fully saturated rings. The number of benzene rings is 1. The average molecular weight is 314 g/mol. The number of carbonyl (C=O) groups is 1. The fraction of sp³-hybridized carbons (Fsp3) is 0.118. The molecule has 0 radical (unpaired) electrons. The fourth-order valence-electron chi connectivity index (χ4n) is 2.05. The lowest BCUT2D eigenvalue weighted by Crippen LogP contribution is -2.01. The van der Waals surface area contributed by atoms with Crippen LogP contribution >= 0.6 is 22.7 Å². The molecule has 0 aliphatic rings. The van der Waals surface area contributed by atoms with E-state index in [9.17, 15) is 4.79 Å². The first kappa shape index (κ1) is 14.0. The van der Waals surface area contributed by atoms with E-state index in [1.807, 2.05) is 25.1 Å². The number of carbonyl (C=O) groups excluding carboxylic acids is 1. The predicted molar refractivity (Wildman–Crippen MR) is 91.0 cm³/mol. The Labute approximate surface area is 131 Å². The van der Waals surface area contributed by atoms with Gasteiger partial charge in [0.1, 0.15) is 4.88 Å². The quantitative estimate of drug-likeness (QED) is 0.610. The number of hydrogen-bond acceptors (Lipinski definition) is 4. The highest BCUT2D eigenvalue weighted by Gasteiger charge is 2.08. The fourth-order valence-corrected chi connectivity index (χ4v) is 3.79. The highest BCUT2D eigenvalue weighted by molar-refractivity contribution is 7.17. The molecule has 0 unspecified atom stereocenters. The van der Waals surface area contributed by atoms with Gasteiger partial charge in [-0.25, -0.2) is 4.79 Å². The third-order valence-electron chi connectivity index (χ3n) is 3.04. The monoisotopic (exact) mass is 314 g/mol. The molecule has 2 aromatic heterocycles. The van der Waals surface area contributed by atoms with Crippen molar-refractivity contribution < 1.29 is 9.53 Å². The Morgan fingerprint density at radius 3 is 2.90 bits per heavy atom. The van der Waals surface area contributed by atoms with E-state index in [-0.39, 0.29) is 5.97 Å². The average Bonchev–Trinajstić information content (AvgIpc) is 3.12. The maximum absolute atomic E-state index is 11.6. The van der Waals surface area contributed by atoms with E-state index < -0.39 is 0 Å². The Morgan fingerprint density at radius 2 is 2.05 bits per heavy atom. The molecule has 0 N–H and O–H groups in total. The second-order valence-electron chi connectivity index (χ2n) is 4.44. The van der Waals surface area contributed by atoms with Gasteiger partial charge in [-0.05, 0) is 47.5 Å². The van der Waals surface area contributed by atoms with Gasteiger partial charge in [0.2, 0.25) is 0 Å². The van der Waals surface area contributed by atoms with Crippen LogP contribution in [0.3, 0.4) is 0 Å². The van der Waals surface area contributed by atoms with E-state index in [0.717, 1.165) is 4.88 Å². The summed E-state index contributed by atoms with van der Waals surface area (Å²) in [5, 5.41) is 3.42. The summed E-state index contributed by atoms with van der Waals surface area (Å²) in [6.07, 6.45) is 4.14. The molecule has 3 rings (SSSR count). The van der Waals surface area contributed by atoms with Gasteiger partial charge in [-0.1, -0.05) is 24.3 Å². The summed E-state index contributed by atoms with van der Waals surface area (Å²) in [6.45, 7) is 2.22. The summed E-state index contributed by atoms with van der Waals surface area (Å²) in [4.78, 5) is 13.3. The Kier molecular flexibility index (Phi) is 4.18. The lowest BCUT2D eigenvalue weighted by Gasteiger charge is -1.96. The molecule has 0 atom stereocenters. The van der Waals surface area contributed by atoms with Crippen LogP contribution in [0.2, 0.25) is 0 Å². The SMILES string of the molecule is CCOC(=O)c1ccc(/C=C/c2csc3ccccc23)s1. The van der Waals surface area contributed by atoms with E-state index >= 15 is 0 Å². The maximum atomic E-state index is 11.6. The van der Waals surface area contributed by atoms with Gasteiger partial charge >= 0.3 is 5.97 Å². The predicted octanol–water partition coefficient (Wildman–Crippen LogP) is 5.31. The first-order valence-electron chi connectivity index (χ1n) is 6.69. The van der Waals surface area contributed by atoms with Crippen LogP contribution < -0.4 is 0 Å². The zero-order valence-electron chi connectivity index (χ0n) is 11.5. The largest absolute Gasteiger partial charge is 0.462 e. The van der Waals surface area contributed by atoms with Crippen molar-refractivity contribution in [2.45, 2.75) is 6.92 Å². The molecule has 0 amide bonds. The molecule has 4 heteroatoms. The van der Waals surface area contributed by atoms with Gasteiger partial charge in [0.15, 0.2) is 0 Å². The minimum atomic E-state index is -0.247. The second-order valence-corrected chi connectivity index (χ2v) is 6.47. The molecular formula is C17H14O2S2. The van der Waals surface area contributed by atoms with Gasteiger partial charge in [-0.3, -0.25) is 0 Å². The van der Waals surface area contributed by atoms with Gasteiger partial charge in [0.25, 0.3) is 0 Å². The number of hydrogen-bond donors (Lipinski definition) is 0.